The van der Waals surface area contributed by atoms with Gasteiger partial charge in [-0.25, -0.2) is 14.3 Å². The molecule has 660 valence electrons. The van der Waals surface area contributed by atoms with E-state index in [9.17, 15) is 39.1 Å². The van der Waals surface area contributed by atoms with E-state index < -0.39 is 89.9 Å². The number of carbonyl (C=O) groups excluding carboxylic acids is 2. The summed E-state index contributed by atoms with van der Waals surface area (Å²) in [6.45, 7) is 8.77. The minimum absolute atomic E-state index is 0. The molecule has 2 aromatic heterocycles. The number of carbonyl (C=O) groups is 2. The van der Waals surface area contributed by atoms with E-state index in [4.69, 9.17) is 46.9 Å². The topological polar surface area (TPSA) is 307 Å². The van der Waals surface area contributed by atoms with Crippen molar-refractivity contribution in [1.82, 2.24) is 34.4 Å². The molecule has 8 saturated carbocycles. The zero-order chi connectivity index (χ0) is 87.2. The van der Waals surface area contributed by atoms with E-state index in [1.807, 2.05) is 109 Å². The van der Waals surface area contributed by atoms with Crippen LogP contribution in [0.2, 0.25) is 0 Å². The molecule has 25 nitrogen and oxygen atoms in total. The third-order valence-electron chi connectivity index (χ3n) is 28.5. The first-order chi connectivity index (χ1) is 60.5. The first-order valence-electron chi connectivity index (χ1n) is 43.9. The maximum absolute atomic E-state index is 14.1. The number of nitriles is 1. The first kappa shape index (κ1) is 89.6. The number of aliphatic hydroxyl groups excluding tert-OH is 1. The molecule has 12 fully saturated rings. The van der Waals surface area contributed by atoms with Gasteiger partial charge in [-0.05, 0) is 235 Å². The van der Waals surface area contributed by atoms with Gasteiger partial charge in [0.25, 0.3) is 19.6 Å². The van der Waals surface area contributed by atoms with E-state index in [1.54, 1.807) is 28.4 Å². The fourth-order valence-corrected chi connectivity index (χ4v) is 25.6. The number of amides is 2. The van der Waals surface area contributed by atoms with E-state index in [2.05, 4.69) is 131 Å². The predicted octanol–water partition coefficient (Wildman–Crippen LogP) is 12.7. The molecule has 8 aliphatic carbocycles. The van der Waals surface area contributed by atoms with E-state index in [-0.39, 0.29) is 119 Å². The van der Waals surface area contributed by atoms with Gasteiger partial charge >= 0.3 is 11.4 Å². The molecule has 5 N–H and O–H groups in total. The molecule has 0 radical (unpaired) electrons. The number of fused-ring (bicyclic) bond motifs is 4. The summed E-state index contributed by atoms with van der Waals surface area (Å²) in [5.74, 6) is 18.5. The minimum atomic E-state index is -1.83. The molecule has 12 bridgehead atoms. The zero-order valence-electron chi connectivity index (χ0n) is 72.5. The van der Waals surface area contributed by atoms with Crippen molar-refractivity contribution in [3.8, 4) is 52.7 Å². The van der Waals surface area contributed by atoms with Crippen molar-refractivity contribution in [1.29, 1.82) is 5.26 Å². The van der Waals surface area contributed by atoms with E-state index in [0.29, 0.717) is 58.5 Å². The maximum Gasteiger partial charge on any atom is 0.330 e. The Bertz CT molecular complexity index is 5510. The molecule has 3 unspecified atom stereocenters. The number of ether oxygens (including phenoxy) is 8. The van der Waals surface area contributed by atoms with Gasteiger partial charge in [0.05, 0.1) is 73.8 Å². The molecule has 12 aliphatic rings. The Morgan fingerprint density at radius 3 is 1.23 bits per heavy atom. The summed E-state index contributed by atoms with van der Waals surface area (Å²) in [7, 11) is 4.69. The van der Waals surface area contributed by atoms with Crippen LogP contribution in [0.4, 0.5) is 0 Å². The van der Waals surface area contributed by atoms with Gasteiger partial charge in [0.1, 0.15) is 69.7 Å². The number of methoxy groups -OCH3 is 4. The average Bonchev–Trinajstić information content (AvgIpc) is 1.53. The smallest absolute Gasteiger partial charge is 0.330 e. The summed E-state index contributed by atoms with van der Waals surface area (Å²) in [4.78, 5) is 86.0. The molecule has 0 spiro atoms. The summed E-state index contributed by atoms with van der Waals surface area (Å²) < 4.78 is 68.1. The van der Waals surface area contributed by atoms with Crippen LogP contribution in [0.15, 0.2) is 189 Å². The zero-order valence-corrected chi connectivity index (χ0v) is 76.3. The van der Waals surface area contributed by atoms with Crippen molar-refractivity contribution >= 4 is 20.3 Å². The largest absolute Gasteiger partial charge is 0.497 e. The SMILES string of the molecule is COc1ccc(C(C[C@@]23COC([C@H](n4cc(C#CCNC(=O)C56CC7CC(CC(C7)C5)C6)c(=O)[nH]c4=O)O2)[C@H]3O)(c2ccccc2)c2ccc(OC)cc2)cc1.COc1ccc(C(C[C@@]23COC([C@H](n4cc(C#CCNC(=O)C56CC7CC(CC(C7)C5)C6)c(=O)[nH]c4=O)O2)[C@H]3OP(OCCC#N)N(C(C)C)C(C)C)(c2ccccc2)c2ccc(OC)cc2)cc1.[W]. The van der Waals surface area contributed by atoms with Crippen LogP contribution >= 0.6 is 8.53 Å². The summed E-state index contributed by atoms with van der Waals surface area (Å²) in [6.07, 6.45) is 10.7. The third kappa shape index (κ3) is 17.0. The molecule has 20 rings (SSSR count). The number of rotatable bonds is 28. The molecule has 6 aromatic carbocycles. The number of aromatic nitrogens is 4. The number of hydrogen-bond acceptors (Lipinski definition) is 19. The molecular weight excluding hydrogens is 1790 g/mol. The van der Waals surface area contributed by atoms with E-state index in [0.717, 1.165) is 71.9 Å². The van der Waals surface area contributed by atoms with Gasteiger partial charge in [-0.15, -0.1) is 0 Å². The Morgan fingerprint density at radius 1 is 0.524 bits per heavy atom. The number of nitrogens with one attached hydrogen (secondary N) is 4. The van der Waals surface area contributed by atoms with E-state index >= 15 is 0 Å². The predicted molar refractivity (Wildman–Crippen MR) is 469 cm³/mol. The Labute approximate surface area is 749 Å². The second-order valence-corrected chi connectivity index (χ2v) is 38.2. The van der Waals surface area contributed by atoms with Gasteiger partial charge < -0.3 is 62.7 Å². The molecule has 4 aliphatic heterocycles. The van der Waals surface area contributed by atoms with Crippen molar-refractivity contribution in [3.63, 3.8) is 0 Å². The molecule has 27 heteroatoms. The number of nitrogens with zero attached hydrogens (tertiary/aromatic N) is 4. The molecule has 9 atom stereocenters. The van der Waals surface area contributed by atoms with Crippen molar-refractivity contribution in [2.24, 2.45) is 46.3 Å². The number of benzene rings is 6. The summed E-state index contributed by atoms with van der Waals surface area (Å²) in [5.41, 5.74) is -1.90. The van der Waals surface area contributed by atoms with Crippen LogP contribution in [-0.4, -0.2) is 150 Å². The maximum atomic E-state index is 14.1. The van der Waals surface area contributed by atoms with Crippen LogP contribution in [0, 0.1) is 81.4 Å². The standard InChI is InChI=1S/C54H64N5O9P.C45H47N3O8.W/c1-35(2)59(36(3)4)69(66-25-11-23-55)68-47-46-49(58-32-40(48(60)57-51(58)62)12-10-24-56-50(61)52-29-37-26-38(30-52)28-39(27-37)31-52)67-53(47,34-65-46)33-54(41-13-8-7-9-14-41,42-15-19-44(63-5)20-16-42)43-17-21-45(64-6)22-18-43;1-53-35-14-10-33(11-15-35)45(32-8-4-3-5-9-32,34-12-16-36(54-2)17-13-34)26-44-27-55-37(38(44)49)40(56-44)48-25-31(39(50)47-42(48)52)7-6-18-46-41(51)43-22-28-19-29(23-43)21-30(20-28)24-43;/h7-9,13-22,32,35-39,46-47,49H,11,24-31,33-34H2,1-6H3,(H,56,61)(H,57,60,62);3-5,8-17,25,28-30,37-38,40,49H,18-24,26-27H2,1-2H3,(H,46,51)(H,47,50,52);/t37?,38?,39?,46?,47-,49-,52?,53+,69?;28?,29?,30?,37?,38-,40-,43?,44+;/m11./s1. The van der Waals surface area contributed by atoms with E-state index in [1.165, 1.54) is 60.1 Å². The Balaban J connectivity index is 0.000000188. The van der Waals surface area contributed by atoms with Crippen LogP contribution in [0.5, 0.6) is 23.0 Å². The summed E-state index contributed by atoms with van der Waals surface area (Å²) >= 11 is 0. The van der Waals surface area contributed by atoms with Crippen LogP contribution in [0.1, 0.15) is 181 Å². The average molecular weight is 1900 g/mol. The Hall–Kier alpha value is -9.77. The minimum Gasteiger partial charge on any atom is -0.497 e. The van der Waals surface area contributed by atoms with Crippen LogP contribution in [0.25, 0.3) is 0 Å². The van der Waals surface area contributed by atoms with Gasteiger partial charge in [0.15, 0.2) is 12.5 Å². The van der Waals surface area contributed by atoms with Crippen molar-refractivity contribution in [2.75, 3.05) is 61.3 Å². The summed E-state index contributed by atoms with van der Waals surface area (Å²) in [6, 6.07) is 54.1. The number of hydrogen-bond donors (Lipinski definition) is 5. The van der Waals surface area contributed by atoms with Crippen molar-refractivity contribution in [2.45, 2.75) is 195 Å². The fourth-order valence-electron chi connectivity index (χ4n) is 23.7. The number of aromatic amines is 2. The Morgan fingerprint density at radius 2 is 0.865 bits per heavy atom. The number of H-pyrrole nitrogens is 2. The number of aliphatic hydroxyl groups is 1. The fraction of sp³-hybridized carbons (Fsp3) is 0.485. The Kier molecular flexibility index (Phi) is 26.4. The second-order valence-electron chi connectivity index (χ2n) is 36.8. The third-order valence-corrected chi connectivity index (χ3v) is 30.6. The molecule has 2 amide bonds. The van der Waals surface area contributed by atoms with Gasteiger partial charge in [-0.1, -0.05) is 133 Å². The van der Waals surface area contributed by atoms with Crippen LogP contribution in [0.3, 0.4) is 0 Å². The molecule has 4 saturated heterocycles. The molecule has 126 heavy (non-hydrogen) atoms. The molecule has 8 aromatic rings. The second kappa shape index (κ2) is 37.1. The van der Waals surface area contributed by atoms with Crippen molar-refractivity contribution in [3.05, 3.63) is 256 Å². The van der Waals surface area contributed by atoms with Gasteiger partial charge in [-0.3, -0.25) is 38.3 Å². The normalized spacial score (nSPS) is 28.0. The van der Waals surface area contributed by atoms with Gasteiger partial charge in [-0.2, -0.15) is 5.26 Å². The first-order valence-corrected chi connectivity index (χ1v) is 45.1. The monoisotopic (exact) mass is 1900 g/mol. The quantitative estimate of drug-likeness (QED) is 0.0132. The molecule has 6 heterocycles. The van der Waals surface area contributed by atoms with Gasteiger partial charge in [0, 0.05) is 67.2 Å². The van der Waals surface area contributed by atoms with Crippen molar-refractivity contribution < 1.29 is 82.7 Å². The molecular formula is C99H111N8O17PW. The summed E-state index contributed by atoms with van der Waals surface area (Å²) in [5, 5.41) is 27.7. The van der Waals surface area contributed by atoms with Gasteiger partial charge in [0.2, 0.25) is 11.8 Å². The van der Waals surface area contributed by atoms with Crippen LogP contribution < -0.4 is 52.1 Å². The van der Waals surface area contributed by atoms with Crippen LogP contribution in [-0.2, 0) is 69.5 Å².